The molecule has 4 aromatic rings. The van der Waals surface area contributed by atoms with Gasteiger partial charge in [0.05, 0.1) is 16.5 Å². The van der Waals surface area contributed by atoms with Crippen LogP contribution in [0, 0.1) is 5.92 Å². The molecule has 1 saturated carbocycles. The van der Waals surface area contributed by atoms with Crippen molar-refractivity contribution >= 4 is 34.3 Å². The third-order valence-electron chi connectivity index (χ3n) is 6.07. The molecule has 0 saturated heterocycles. The maximum Gasteiger partial charge on any atom is 0.232 e. The first-order valence-electron chi connectivity index (χ1n) is 10.7. The monoisotopic (exact) mass is 430 g/mol. The van der Waals surface area contributed by atoms with Gasteiger partial charge in [-0.15, -0.1) is 0 Å². The van der Waals surface area contributed by atoms with Crippen LogP contribution in [0.3, 0.4) is 0 Å². The summed E-state index contributed by atoms with van der Waals surface area (Å²) in [7, 11) is 0. The summed E-state index contributed by atoms with van der Waals surface area (Å²) in [5.41, 5.74) is 3.89. The number of carbonyl (C=O) groups excluding carboxylic acids is 1. The van der Waals surface area contributed by atoms with Crippen LogP contribution in [0.5, 0.6) is 0 Å². The van der Waals surface area contributed by atoms with Crippen molar-refractivity contribution < 1.29 is 9.21 Å². The number of amides is 1. The van der Waals surface area contributed by atoms with Crippen molar-refractivity contribution in [3.63, 3.8) is 0 Å². The molecule has 0 radical (unpaired) electrons. The molecular weight excluding hydrogens is 408 g/mol. The fraction of sp³-hybridized carbons (Fsp3) is 0.231. The summed E-state index contributed by atoms with van der Waals surface area (Å²) in [6.45, 7) is 0. The van der Waals surface area contributed by atoms with Crippen LogP contribution in [0.15, 0.2) is 77.2 Å². The number of anilines is 1. The largest absolute Gasteiger partial charge is 0.436 e. The first-order valence-corrected chi connectivity index (χ1v) is 11.1. The number of hydrogen-bond acceptors (Lipinski definition) is 3. The molecule has 156 valence electrons. The SMILES string of the molecule is O=C(Nc1ccc(Cl)c(-c2nc3ccccc3o2)c1)[C@H](c1ccccc1)C1CCCC1. The van der Waals surface area contributed by atoms with E-state index in [-0.39, 0.29) is 11.8 Å². The van der Waals surface area contributed by atoms with Crippen LogP contribution in [-0.2, 0) is 4.79 Å². The summed E-state index contributed by atoms with van der Waals surface area (Å²) < 4.78 is 5.88. The van der Waals surface area contributed by atoms with Crippen LogP contribution in [0.4, 0.5) is 5.69 Å². The Balaban J connectivity index is 1.45. The van der Waals surface area contributed by atoms with Gasteiger partial charge in [0, 0.05) is 5.69 Å². The molecule has 1 aliphatic rings. The molecule has 0 aliphatic heterocycles. The van der Waals surface area contributed by atoms with Crippen molar-refractivity contribution in [3.8, 4) is 11.5 Å². The summed E-state index contributed by atoms with van der Waals surface area (Å²) >= 11 is 6.44. The Morgan fingerprint density at radius 3 is 2.52 bits per heavy atom. The maximum absolute atomic E-state index is 13.4. The molecule has 1 aliphatic carbocycles. The van der Waals surface area contributed by atoms with Gasteiger partial charge in [0.25, 0.3) is 0 Å². The molecule has 1 aromatic heterocycles. The minimum Gasteiger partial charge on any atom is -0.436 e. The number of benzene rings is 3. The number of para-hydroxylation sites is 2. The molecule has 31 heavy (non-hydrogen) atoms. The second-order valence-corrected chi connectivity index (χ2v) is 8.51. The van der Waals surface area contributed by atoms with Gasteiger partial charge in [-0.3, -0.25) is 4.79 Å². The highest BCUT2D eigenvalue weighted by atomic mass is 35.5. The first kappa shape index (κ1) is 19.8. The van der Waals surface area contributed by atoms with Crippen molar-refractivity contribution in [3.05, 3.63) is 83.4 Å². The van der Waals surface area contributed by atoms with E-state index in [0.717, 1.165) is 23.9 Å². The third-order valence-corrected chi connectivity index (χ3v) is 6.40. The van der Waals surface area contributed by atoms with Gasteiger partial charge < -0.3 is 9.73 Å². The van der Waals surface area contributed by atoms with Gasteiger partial charge in [-0.2, -0.15) is 0 Å². The summed E-state index contributed by atoms with van der Waals surface area (Å²) in [4.78, 5) is 17.9. The zero-order chi connectivity index (χ0) is 21.2. The van der Waals surface area contributed by atoms with Crippen molar-refractivity contribution in [2.45, 2.75) is 31.6 Å². The lowest BCUT2D eigenvalue weighted by atomic mass is 9.84. The average molecular weight is 431 g/mol. The fourth-order valence-corrected chi connectivity index (χ4v) is 4.76. The minimum atomic E-state index is -0.160. The van der Waals surface area contributed by atoms with Crippen LogP contribution >= 0.6 is 11.6 Å². The van der Waals surface area contributed by atoms with E-state index < -0.39 is 0 Å². The van der Waals surface area contributed by atoms with Crippen molar-refractivity contribution in [2.75, 3.05) is 5.32 Å². The van der Waals surface area contributed by atoms with Gasteiger partial charge >= 0.3 is 0 Å². The highest BCUT2D eigenvalue weighted by Crippen LogP contribution is 2.39. The predicted octanol–water partition coefficient (Wildman–Crippen LogP) is 7.06. The van der Waals surface area contributed by atoms with Crippen molar-refractivity contribution in [1.82, 2.24) is 4.98 Å². The molecule has 0 bridgehead atoms. The number of carbonyl (C=O) groups is 1. The van der Waals surface area contributed by atoms with E-state index in [1.165, 1.54) is 12.8 Å². The van der Waals surface area contributed by atoms with E-state index in [2.05, 4.69) is 10.3 Å². The van der Waals surface area contributed by atoms with Crippen LogP contribution < -0.4 is 5.32 Å². The van der Waals surface area contributed by atoms with E-state index in [0.29, 0.717) is 33.7 Å². The second kappa shape index (κ2) is 8.56. The number of rotatable bonds is 5. The van der Waals surface area contributed by atoms with Gasteiger partial charge in [-0.25, -0.2) is 4.98 Å². The third kappa shape index (κ3) is 4.08. The number of hydrogen-bond donors (Lipinski definition) is 1. The normalized spacial score (nSPS) is 15.3. The van der Waals surface area contributed by atoms with E-state index in [1.807, 2.05) is 66.7 Å². The lowest BCUT2D eigenvalue weighted by Gasteiger charge is -2.23. The summed E-state index contributed by atoms with van der Waals surface area (Å²) in [5.74, 6) is 0.667. The number of nitrogens with zero attached hydrogens (tertiary/aromatic N) is 1. The Morgan fingerprint density at radius 1 is 1.00 bits per heavy atom. The van der Waals surface area contributed by atoms with E-state index in [9.17, 15) is 4.79 Å². The van der Waals surface area contributed by atoms with Crippen LogP contribution in [0.25, 0.3) is 22.6 Å². The van der Waals surface area contributed by atoms with Crippen LogP contribution in [0.1, 0.15) is 37.2 Å². The smallest absolute Gasteiger partial charge is 0.232 e. The van der Waals surface area contributed by atoms with E-state index >= 15 is 0 Å². The first-order chi connectivity index (χ1) is 15.2. The van der Waals surface area contributed by atoms with Gasteiger partial charge in [0.15, 0.2) is 5.58 Å². The Morgan fingerprint density at radius 2 is 1.74 bits per heavy atom. The van der Waals surface area contributed by atoms with E-state index in [4.69, 9.17) is 16.0 Å². The van der Waals surface area contributed by atoms with Crippen molar-refractivity contribution in [2.24, 2.45) is 5.92 Å². The number of nitrogens with one attached hydrogen (secondary N) is 1. The summed E-state index contributed by atoms with van der Waals surface area (Å²) in [6, 6.07) is 23.1. The zero-order valence-electron chi connectivity index (χ0n) is 17.1. The Hall–Kier alpha value is -3.11. The maximum atomic E-state index is 13.4. The van der Waals surface area contributed by atoms with Gasteiger partial charge in [-0.05, 0) is 54.7 Å². The zero-order valence-corrected chi connectivity index (χ0v) is 17.8. The van der Waals surface area contributed by atoms with Crippen LogP contribution in [-0.4, -0.2) is 10.9 Å². The van der Waals surface area contributed by atoms with Gasteiger partial charge in [0.2, 0.25) is 11.8 Å². The lowest BCUT2D eigenvalue weighted by Crippen LogP contribution is -2.26. The molecule has 1 fully saturated rings. The number of fused-ring (bicyclic) bond motifs is 1. The van der Waals surface area contributed by atoms with E-state index in [1.54, 1.807) is 6.07 Å². The molecular formula is C26H23ClN2O2. The standard InChI is InChI=1S/C26H23ClN2O2/c27-21-15-14-19(16-20(21)26-29-22-12-6-7-13-23(22)31-26)28-25(30)24(18-10-4-5-11-18)17-8-2-1-3-9-17/h1-3,6-9,12-16,18,24H,4-5,10-11H2,(H,28,30)/t24-/m1/s1. The highest BCUT2D eigenvalue weighted by Gasteiger charge is 2.32. The Bertz CT molecular complexity index is 1180. The predicted molar refractivity (Wildman–Crippen MR) is 124 cm³/mol. The minimum absolute atomic E-state index is 0.0175. The number of aromatic nitrogens is 1. The Kier molecular flexibility index (Phi) is 5.47. The van der Waals surface area contributed by atoms with Crippen molar-refractivity contribution in [1.29, 1.82) is 0 Å². The molecule has 5 rings (SSSR count). The highest BCUT2D eigenvalue weighted by molar-refractivity contribution is 6.33. The Labute approximate surface area is 186 Å². The fourth-order valence-electron chi connectivity index (χ4n) is 4.56. The number of halogens is 1. The molecule has 1 atom stereocenters. The topological polar surface area (TPSA) is 55.1 Å². The molecule has 0 unspecified atom stereocenters. The molecule has 3 aromatic carbocycles. The lowest BCUT2D eigenvalue weighted by molar-refractivity contribution is -0.118. The average Bonchev–Trinajstić information content (AvgIpc) is 3.46. The van der Waals surface area contributed by atoms with Gasteiger partial charge in [-0.1, -0.05) is 66.9 Å². The van der Waals surface area contributed by atoms with Crippen LogP contribution in [0.2, 0.25) is 5.02 Å². The quantitative estimate of drug-likeness (QED) is 0.368. The molecule has 1 N–H and O–H groups in total. The molecule has 1 heterocycles. The van der Waals surface area contributed by atoms with Gasteiger partial charge in [0.1, 0.15) is 5.52 Å². The summed E-state index contributed by atoms with van der Waals surface area (Å²) in [5, 5.41) is 3.65. The molecule has 4 nitrogen and oxygen atoms in total. The summed E-state index contributed by atoms with van der Waals surface area (Å²) in [6.07, 6.45) is 4.54. The molecule has 0 spiro atoms. The number of oxazole rings is 1. The second-order valence-electron chi connectivity index (χ2n) is 8.10. The molecule has 1 amide bonds. The molecule has 5 heteroatoms.